The Hall–Kier alpha value is -3.86. The molecule has 0 radical (unpaired) electrons. The zero-order chi connectivity index (χ0) is 24.5. The van der Waals surface area contributed by atoms with E-state index in [9.17, 15) is 14.7 Å². The molecule has 1 N–H and O–H groups in total. The molecule has 1 fully saturated rings. The predicted octanol–water partition coefficient (Wildman–Crippen LogP) is 5.90. The van der Waals surface area contributed by atoms with Crippen LogP contribution >= 0.6 is 0 Å². The molecule has 0 aromatic heterocycles. The second-order valence-corrected chi connectivity index (χ2v) is 9.20. The standard InChI is InChI=1S/C30H29NO4/c1-3-35-25-15-13-24(14-16-25)31-27(22-10-6-7-19(2)17-22)26(29(33)30(31)34)28(32)23-12-11-20-8-4-5-9-21(20)18-23/h6-7,10-18,27,32H,3-5,8-9H2,1-2H3/b28-26-. The Labute approximate surface area is 205 Å². The van der Waals surface area contributed by atoms with Gasteiger partial charge in [0.05, 0.1) is 18.2 Å². The van der Waals surface area contributed by atoms with E-state index in [1.54, 1.807) is 24.3 Å². The van der Waals surface area contributed by atoms with E-state index in [1.165, 1.54) is 22.4 Å². The van der Waals surface area contributed by atoms with Gasteiger partial charge in [0, 0.05) is 11.3 Å². The lowest BCUT2D eigenvalue weighted by Gasteiger charge is -2.26. The average molecular weight is 468 g/mol. The van der Waals surface area contributed by atoms with E-state index >= 15 is 0 Å². The molecule has 3 aromatic carbocycles. The van der Waals surface area contributed by atoms with Gasteiger partial charge < -0.3 is 9.84 Å². The van der Waals surface area contributed by atoms with Crippen LogP contribution in [0.5, 0.6) is 5.75 Å². The highest BCUT2D eigenvalue weighted by Gasteiger charge is 2.47. The number of Topliss-reactive ketones (excluding diaryl/α,β-unsaturated/α-hetero) is 1. The first-order chi connectivity index (χ1) is 17.0. The quantitative estimate of drug-likeness (QED) is 0.288. The molecule has 1 atom stereocenters. The monoisotopic (exact) mass is 467 g/mol. The van der Waals surface area contributed by atoms with Crippen molar-refractivity contribution < 1.29 is 19.4 Å². The summed E-state index contributed by atoms with van der Waals surface area (Å²) in [7, 11) is 0. The van der Waals surface area contributed by atoms with E-state index in [0.29, 0.717) is 23.6 Å². The summed E-state index contributed by atoms with van der Waals surface area (Å²) in [6.45, 7) is 4.41. The van der Waals surface area contributed by atoms with Crippen LogP contribution < -0.4 is 9.64 Å². The van der Waals surface area contributed by atoms with Crippen LogP contribution in [0.15, 0.2) is 72.3 Å². The normalized spacial score (nSPS) is 19.0. The van der Waals surface area contributed by atoms with Crippen LogP contribution in [0.25, 0.3) is 5.76 Å². The van der Waals surface area contributed by atoms with Crippen molar-refractivity contribution in [3.05, 3.63) is 100 Å². The highest BCUT2D eigenvalue weighted by molar-refractivity contribution is 6.51. The maximum Gasteiger partial charge on any atom is 0.300 e. The number of aliphatic hydroxyl groups is 1. The third-order valence-electron chi connectivity index (χ3n) is 6.85. The number of fused-ring (bicyclic) bond motifs is 1. The molecule has 3 aromatic rings. The predicted molar refractivity (Wildman–Crippen MR) is 137 cm³/mol. The first kappa shape index (κ1) is 22.9. The Kier molecular flexibility index (Phi) is 6.16. The van der Waals surface area contributed by atoms with Crippen LogP contribution in [0.4, 0.5) is 5.69 Å². The molecule has 2 aliphatic rings. The molecular weight excluding hydrogens is 438 g/mol. The molecule has 1 unspecified atom stereocenters. The molecule has 5 heteroatoms. The van der Waals surface area contributed by atoms with E-state index < -0.39 is 17.7 Å². The van der Waals surface area contributed by atoms with Crippen molar-refractivity contribution >= 4 is 23.1 Å². The molecule has 0 bridgehead atoms. The van der Waals surface area contributed by atoms with Crippen molar-refractivity contribution in [1.29, 1.82) is 0 Å². The van der Waals surface area contributed by atoms with Gasteiger partial charge in [0.1, 0.15) is 11.5 Å². The summed E-state index contributed by atoms with van der Waals surface area (Å²) >= 11 is 0. The van der Waals surface area contributed by atoms with E-state index in [0.717, 1.165) is 30.4 Å². The van der Waals surface area contributed by atoms with Gasteiger partial charge in [-0.15, -0.1) is 0 Å². The Bertz CT molecular complexity index is 1320. The molecule has 0 saturated carbocycles. The van der Waals surface area contributed by atoms with Crippen LogP contribution in [0.2, 0.25) is 0 Å². The number of aryl methyl sites for hydroxylation is 3. The van der Waals surface area contributed by atoms with Gasteiger partial charge in [-0.05, 0) is 86.6 Å². The molecule has 35 heavy (non-hydrogen) atoms. The molecule has 1 aliphatic heterocycles. The number of carbonyl (C=O) groups excluding carboxylic acids is 2. The van der Waals surface area contributed by atoms with Gasteiger partial charge in [0.25, 0.3) is 11.7 Å². The second-order valence-electron chi connectivity index (χ2n) is 9.20. The van der Waals surface area contributed by atoms with Gasteiger partial charge in [0.2, 0.25) is 0 Å². The lowest BCUT2D eigenvalue weighted by molar-refractivity contribution is -0.132. The SMILES string of the molecule is CCOc1ccc(N2C(=O)C(=O)/C(=C(\O)c3ccc4c(c3)CCCC4)C2c2cccc(C)c2)cc1. The molecule has 1 saturated heterocycles. The topological polar surface area (TPSA) is 66.8 Å². The number of ether oxygens (including phenoxy) is 1. The number of hydrogen-bond donors (Lipinski definition) is 1. The fourth-order valence-electron chi connectivity index (χ4n) is 5.16. The number of benzene rings is 3. The Morgan fingerprint density at radius 2 is 1.71 bits per heavy atom. The van der Waals surface area contributed by atoms with Crippen molar-refractivity contribution in [2.45, 2.75) is 45.6 Å². The molecule has 5 nitrogen and oxygen atoms in total. The van der Waals surface area contributed by atoms with Crippen molar-refractivity contribution in [2.75, 3.05) is 11.5 Å². The summed E-state index contributed by atoms with van der Waals surface area (Å²) in [6, 6.07) is 20.0. The first-order valence-electron chi connectivity index (χ1n) is 12.2. The smallest absolute Gasteiger partial charge is 0.300 e. The van der Waals surface area contributed by atoms with Crippen LogP contribution in [0.3, 0.4) is 0 Å². The van der Waals surface area contributed by atoms with E-state index in [2.05, 4.69) is 0 Å². The maximum absolute atomic E-state index is 13.4. The van der Waals surface area contributed by atoms with Crippen LogP contribution in [0.1, 0.15) is 53.6 Å². The summed E-state index contributed by atoms with van der Waals surface area (Å²) in [5.41, 5.74) is 5.54. The first-order valence-corrected chi connectivity index (χ1v) is 12.2. The largest absolute Gasteiger partial charge is 0.507 e. The number of anilines is 1. The Morgan fingerprint density at radius 3 is 2.43 bits per heavy atom. The number of amides is 1. The molecule has 1 heterocycles. The van der Waals surface area contributed by atoms with Gasteiger partial charge >= 0.3 is 0 Å². The lowest BCUT2D eigenvalue weighted by Crippen LogP contribution is -2.29. The van der Waals surface area contributed by atoms with E-state index in [4.69, 9.17) is 4.74 Å². The zero-order valence-corrected chi connectivity index (χ0v) is 20.1. The van der Waals surface area contributed by atoms with Crippen LogP contribution in [-0.2, 0) is 22.4 Å². The van der Waals surface area contributed by atoms with Gasteiger partial charge in [-0.3, -0.25) is 14.5 Å². The summed E-state index contributed by atoms with van der Waals surface area (Å²) in [6.07, 6.45) is 4.27. The van der Waals surface area contributed by atoms with Crippen LogP contribution in [0, 0.1) is 6.92 Å². The molecule has 178 valence electrons. The third-order valence-corrected chi connectivity index (χ3v) is 6.85. The van der Waals surface area contributed by atoms with Gasteiger partial charge in [-0.25, -0.2) is 0 Å². The minimum Gasteiger partial charge on any atom is -0.507 e. The van der Waals surface area contributed by atoms with Gasteiger partial charge in [-0.2, -0.15) is 0 Å². The maximum atomic E-state index is 13.4. The Balaban J connectivity index is 1.66. The van der Waals surface area contributed by atoms with E-state index in [1.807, 2.05) is 56.3 Å². The highest BCUT2D eigenvalue weighted by Crippen LogP contribution is 2.43. The minimum atomic E-state index is -0.733. The highest BCUT2D eigenvalue weighted by atomic mass is 16.5. The summed E-state index contributed by atoms with van der Waals surface area (Å²) < 4.78 is 5.54. The molecule has 5 rings (SSSR count). The fraction of sp³-hybridized carbons (Fsp3) is 0.267. The van der Waals surface area contributed by atoms with Gasteiger partial charge in [0.15, 0.2) is 0 Å². The van der Waals surface area contributed by atoms with Crippen molar-refractivity contribution in [3.8, 4) is 5.75 Å². The molecule has 1 amide bonds. The lowest BCUT2D eigenvalue weighted by atomic mass is 9.88. The summed E-state index contributed by atoms with van der Waals surface area (Å²) in [5, 5.41) is 11.4. The fourth-order valence-corrected chi connectivity index (χ4v) is 5.16. The number of aliphatic hydroxyl groups excluding tert-OH is 1. The van der Waals surface area contributed by atoms with Crippen molar-refractivity contribution in [2.24, 2.45) is 0 Å². The number of carbonyl (C=O) groups is 2. The number of ketones is 1. The zero-order valence-electron chi connectivity index (χ0n) is 20.1. The average Bonchev–Trinajstić information content (AvgIpc) is 3.14. The summed E-state index contributed by atoms with van der Waals surface area (Å²) in [4.78, 5) is 28.2. The third kappa shape index (κ3) is 4.23. The number of rotatable bonds is 5. The number of nitrogens with zero attached hydrogens (tertiary/aromatic N) is 1. The Morgan fingerprint density at radius 1 is 0.971 bits per heavy atom. The molecule has 0 spiro atoms. The van der Waals surface area contributed by atoms with E-state index in [-0.39, 0.29) is 11.3 Å². The van der Waals surface area contributed by atoms with Crippen LogP contribution in [-0.4, -0.2) is 23.4 Å². The molecular formula is C30H29NO4. The van der Waals surface area contributed by atoms with Gasteiger partial charge in [-0.1, -0.05) is 42.0 Å². The van der Waals surface area contributed by atoms with Crippen molar-refractivity contribution in [3.63, 3.8) is 0 Å². The second kappa shape index (κ2) is 9.41. The minimum absolute atomic E-state index is 0.116. The molecule has 1 aliphatic carbocycles. The summed E-state index contributed by atoms with van der Waals surface area (Å²) in [5.74, 6) is -0.772. The van der Waals surface area contributed by atoms with Crippen molar-refractivity contribution in [1.82, 2.24) is 0 Å². The number of hydrogen-bond acceptors (Lipinski definition) is 4.